The van der Waals surface area contributed by atoms with Gasteiger partial charge in [0.05, 0.1) is 84.1 Å². The van der Waals surface area contributed by atoms with Crippen LogP contribution < -0.4 is 0 Å². The van der Waals surface area contributed by atoms with E-state index in [4.69, 9.17) is 4.98 Å². The fourth-order valence-electron chi connectivity index (χ4n) is 17.6. The highest BCUT2D eigenvalue weighted by Gasteiger charge is 2.38. The number of benzene rings is 11. The molecule has 11 aromatic carbocycles. The number of hydrogen-bond donors (Lipinski definition) is 0. The summed E-state index contributed by atoms with van der Waals surface area (Å²) in [5.74, 6) is 0. The van der Waals surface area contributed by atoms with Gasteiger partial charge in [0.25, 0.3) is 0 Å². The van der Waals surface area contributed by atoms with Crippen molar-refractivity contribution in [3.05, 3.63) is 263 Å². The molecule has 0 saturated carbocycles. The van der Waals surface area contributed by atoms with Crippen molar-refractivity contribution in [2.45, 2.75) is 209 Å². The van der Waals surface area contributed by atoms with Crippen LogP contribution in [0.3, 0.4) is 0 Å². The van der Waals surface area contributed by atoms with Crippen molar-refractivity contribution in [2.75, 3.05) is 0 Å². The smallest absolute Gasteiger partial charge is 0.104 e. The van der Waals surface area contributed by atoms with E-state index in [2.05, 4.69) is 395 Å². The second-order valence-corrected chi connectivity index (χ2v) is 40.2. The Kier molecular flexibility index (Phi) is 16.1. The van der Waals surface area contributed by atoms with Crippen LogP contribution in [0.25, 0.3) is 149 Å². The van der Waals surface area contributed by atoms with E-state index in [1.54, 1.807) is 0 Å². The van der Waals surface area contributed by atoms with Crippen LogP contribution in [0.15, 0.2) is 213 Å². The lowest BCUT2D eigenvalue weighted by atomic mass is 9.85. The van der Waals surface area contributed by atoms with E-state index in [1.807, 2.05) is 12.4 Å². The third-order valence-corrected chi connectivity index (χ3v) is 24.3. The van der Waals surface area contributed by atoms with E-state index < -0.39 is 0 Å². The van der Waals surface area contributed by atoms with E-state index >= 15 is 0 Å². The number of fused-ring (bicyclic) bond motifs is 15. The molecule has 0 fully saturated rings. The topological polar surface area (TPSA) is 61.3 Å². The van der Waals surface area contributed by atoms with Gasteiger partial charge in [0.2, 0.25) is 0 Å². The average molecular weight is 1460 g/mol. The van der Waals surface area contributed by atoms with Crippen LogP contribution in [0.5, 0.6) is 0 Å². The Balaban J connectivity index is 1.23. The van der Waals surface area contributed by atoms with Crippen LogP contribution in [0.4, 0.5) is 0 Å². The monoisotopic (exact) mass is 1450 g/mol. The number of nitriles is 1. The maximum Gasteiger partial charge on any atom is 0.104 e. The number of nitrogens with zero attached hydrogens (tertiary/aromatic N) is 7. The summed E-state index contributed by atoms with van der Waals surface area (Å²) in [5, 5.41) is 25.4. The SMILES string of the molecule is CC(C)(C)c1ccc2c(c1)c1cc(C(C)(C)C)ccc1n2-c1c(C#N)c(-n2c3ccc(C(C)(C)C)cc3c3cc(C(C)(C)C)ccc32)c(-n2c3ccc(C(C)(C)C)cc3c3cc(C(C)(C)C)ccc32)c(-c2cccc(-n3c4ccccc4c4ccncc43)c2)c1-n1c2ccc(C(C)(C)C)cc2c2cc(C(C)(C)C)ccc21. The average Bonchev–Trinajstić information content (AvgIpc) is 1.56. The molecule has 0 saturated heterocycles. The van der Waals surface area contributed by atoms with Gasteiger partial charge in [0.15, 0.2) is 0 Å². The number of hydrogen-bond acceptors (Lipinski definition) is 2. The molecule has 17 rings (SSSR count). The van der Waals surface area contributed by atoms with Crippen LogP contribution in [-0.4, -0.2) is 27.8 Å². The van der Waals surface area contributed by atoms with Crippen LogP contribution in [0.1, 0.15) is 216 Å². The molecule has 17 aromatic rings. The third-order valence-electron chi connectivity index (χ3n) is 24.3. The minimum Gasteiger partial charge on any atom is -0.308 e. The molecule has 558 valence electrons. The number of aromatic nitrogens is 6. The second-order valence-electron chi connectivity index (χ2n) is 40.2. The Morgan fingerprint density at radius 1 is 0.243 bits per heavy atom. The first-order valence-electron chi connectivity index (χ1n) is 40.1. The van der Waals surface area contributed by atoms with Gasteiger partial charge in [-0.25, -0.2) is 0 Å². The van der Waals surface area contributed by atoms with Gasteiger partial charge in [-0.2, -0.15) is 5.26 Å². The molecule has 0 bridgehead atoms. The molecule has 0 unspecified atom stereocenters. The maximum absolute atomic E-state index is 14.0. The summed E-state index contributed by atoms with van der Waals surface area (Å²) in [7, 11) is 0. The molecule has 0 amide bonds. The van der Waals surface area contributed by atoms with Gasteiger partial charge in [0.1, 0.15) is 11.6 Å². The van der Waals surface area contributed by atoms with Crippen molar-refractivity contribution in [1.82, 2.24) is 27.8 Å². The Morgan fingerprint density at radius 3 is 0.784 bits per heavy atom. The molecule has 0 N–H and O–H groups in total. The molecule has 0 atom stereocenters. The maximum atomic E-state index is 14.0. The van der Waals surface area contributed by atoms with Crippen molar-refractivity contribution >= 4 is 109 Å². The van der Waals surface area contributed by atoms with E-state index in [0.717, 1.165) is 149 Å². The summed E-state index contributed by atoms with van der Waals surface area (Å²) in [6, 6.07) is 81.3. The number of pyridine rings is 1. The van der Waals surface area contributed by atoms with E-state index in [-0.39, 0.29) is 43.3 Å². The molecule has 0 radical (unpaired) electrons. The fraction of sp³-hybridized carbons (Fsp3) is 0.308. The van der Waals surface area contributed by atoms with Crippen molar-refractivity contribution < 1.29 is 0 Å². The summed E-state index contributed by atoms with van der Waals surface area (Å²) in [4.78, 5) is 4.88. The van der Waals surface area contributed by atoms with Gasteiger partial charge in [-0.05, 0) is 215 Å². The first-order valence-corrected chi connectivity index (χ1v) is 40.1. The highest BCUT2D eigenvalue weighted by atomic mass is 15.1. The fourth-order valence-corrected chi connectivity index (χ4v) is 17.6. The molecule has 0 aliphatic heterocycles. The third kappa shape index (κ3) is 11.6. The summed E-state index contributed by atoms with van der Waals surface area (Å²) >= 11 is 0. The standard InChI is InChI=1S/C104H107N7/c1-97(2,3)62-32-40-83-73(51-62)74-52-63(98(4,5)6)33-41-84(74)108(83)93-81(59-105)94(109-85-42-34-64(99(7,8)9)53-75(85)76-54-65(100(10,11)12)35-43-86(76)109)96(111-89-46-38-68(103(19,20)21)57-79(89)80-58-69(104(22,23)24)39-47-90(80)111)92(61-28-27-29-70(50-61)107-82-31-26-25-30-71(82)72-48-49-106-60-91(72)107)95(93)110-87-44-36-66(101(13,14)15)55-77(87)78-56-67(102(16,17)18)37-45-88(78)110/h25-58,60H,1-24H3. The molecular formula is C104H107N7. The Labute approximate surface area is 655 Å². The van der Waals surface area contributed by atoms with Crippen molar-refractivity contribution in [3.8, 4) is 45.6 Å². The molecular weight excluding hydrogens is 1350 g/mol. The predicted octanol–water partition coefficient (Wildman–Crippen LogP) is 28.5. The van der Waals surface area contributed by atoms with E-state index in [1.165, 1.54) is 44.5 Å². The Bertz CT molecular complexity index is 6170. The summed E-state index contributed by atoms with van der Waals surface area (Å²) in [5.41, 5.74) is 25.5. The number of para-hydroxylation sites is 1. The van der Waals surface area contributed by atoms with Crippen molar-refractivity contribution in [2.24, 2.45) is 0 Å². The largest absolute Gasteiger partial charge is 0.308 e. The Hall–Kier alpha value is -10.9. The molecule has 6 aromatic heterocycles. The van der Waals surface area contributed by atoms with Gasteiger partial charge < -0.3 is 22.8 Å². The normalized spacial score (nSPS) is 13.4. The Morgan fingerprint density at radius 2 is 0.505 bits per heavy atom. The molecule has 7 nitrogen and oxygen atoms in total. The van der Waals surface area contributed by atoms with Gasteiger partial charge in [-0.3, -0.25) is 4.98 Å². The lowest BCUT2D eigenvalue weighted by molar-refractivity contribution is 0.590. The lowest BCUT2D eigenvalue weighted by Crippen LogP contribution is -2.17. The minimum atomic E-state index is -0.188. The molecule has 0 spiro atoms. The summed E-state index contributed by atoms with van der Waals surface area (Å²) < 4.78 is 12.7. The van der Waals surface area contributed by atoms with Gasteiger partial charge in [-0.1, -0.05) is 245 Å². The highest BCUT2D eigenvalue weighted by Crippen LogP contribution is 2.55. The summed E-state index contributed by atoms with van der Waals surface area (Å²) in [6.45, 7) is 55.8. The van der Waals surface area contributed by atoms with Crippen LogP contribution in [-0.2, 0) is 43.3 Å². The van der Waals surface area contributed by atoms with Crippen LogP contribution >= 0.6 is 0 Å². The van der Waals surface area contributed by atoms with Gasteiger partial charge >= 0.3 is 0 Å². The van der Waals surface area contributed by atoms with Gasteiger partial charge in [-0.15, -0.1) is 0 Å². The minimum absolute atomic E-state index is 0.187. The molecule has 6 heterocycles. The summed E-state index contributed by atoms with van der Waals surface area (Å²) in [6.07, 6.45) is 3.94. The zero-order chi connectivity index (χ0) is 78.8. The zero-order valence-electron chi connectivity index (χ0n) is 69.8. The molecule has 0 aliphatic carbocycles. The molecule has 7 heteroatoms. The van der Waals surface area contributed by atoms with E-state index in [0.29, 0.717) is 5.56 Å². The van der Waals surface area contributed by atoms with Crippen molar-refractivity contribution in [1.29, 1.82) is 5.26 Å². The number of rotatable bonds is 6. The van der Waals surface area contributed by atoms with Gasteiger partial charge in [0, 0.05) is 71.3 Å². The lowest BCUT2D eigenvalue weighted by Gasteiger charge is -2.30. The molecule has 0 aliphatic rings. The zero-order valence-corrected chi connectivity index (χ0v) is 69.8. The second kappa shape index (κ2) is 24.5. The first-order chi connectivity index (χ1) is 52.1. The quantitative estimate of drug-likeness (QED) is 0.167. The molecule has 111 heavy (non-hydrogen) atoms. The van der Waals surface area contributed by atoms with Crippen molar-refractivity contribution in [3.63, 3.8) is 0 Å². The van der Waals surface area contributed by atoms with E-state index in [9.17, 15) is 5.26 Å². The first kappa shape index (κ1) is 72.9. The predicted molar refractivity (Wildman–Crippen MR) is 476 cm³/mol. The highest BCUT2D eigenvalue weighted by molar-refractivity contribution is 6.18. The van der Waals surface area contributed by atoms with Crippen LogP contribution in [0, 0.1) is 11.3 Å². The van der Waals surface area contributed by atoms with Crippen LogP contribution in [0.2, 0.25) is 0 Å².